The topological polar surface area (TPSA) is 106 Å². The molecule has 2 N–H and O–H groups in total. The van der Waals surface area contributed by atoms with E-state index in [0.717, 1.165) is 5.56 Å². The van der Waals surface area contributed by atoms with Crippen molar-refractivity contribution in [2.24, 2.45) is 0 Å². The summed E-state index contributed by atoms with van der Waals surface area (Å²) in [5.74, 6) is 0.330. The number of hydrogen-bond donors (Lipinski definition) is 2. The number of benzene rings is 2. The predicted octanol–water partition coefficient (Wildman–Crippen LogP) is 3.63. The van der Waals surface area contributed by atoms with Gasteiger partial charge in [0.05, 0.1) is 10.5 Å². The number of nitrogens with zero attached hydrogens (tertiary/aromatic N) is 3. The van der Waals surface area contributed by atoms with E-state index in [1.54, 1.807) is 84.0 Å². The van der Waals surface area contributed by atoms with Crippen molar-refractivity contribution in [2.45, 2.75) is 11.8 Å². The third-order valence-electron chi connectivity index (χ3n) is 4.51. The molecule has 0 atom stereocenters. The second kappa shape index (κ2) is 8.41. The summed E-state index contributed by atoms with van der Waals surface area (Å²) in [6, 6.07) is 16.4. The summed E-state index contributed by atoms with van der Waals surface area (Å²) in [6.07, 6.45) is 6.51. The normalized spacial score (nSPS) is 11.1. The number of rotatable bonds is 6. The summed E-state index contributed by atoms with van der Waals surface area (Å²) in [7, 11) is -3.68. The Morgan fingerprint density at radius 3 is 2.26 bits per heavy atom. The van der Waals surface area contributed by atoms with Crippen LogP contribution in [0.15, 0.2) is 90.5 Å². The molecule has 9 heteroatoms. The van der Waals surface area contributed by atoms with Crippen LogP contribution in [0.3, 0.4) is 0 Å². The average molecular weight is 433 g/mol. The number of aryl methyl sites for hydroxylation is 1. The van der Waals surface area contributed by atoms with E-state index in [-0.39, 0.29) is 10.8 Å². The van der Waals surface area contributed by atoms with Crippen LogP contribution in [-0.2, 0) is 10.0 Å². The maximum Gasteiger partial charge on any atom is 0.261 e. The van der Waals surface area contributed by atoms with E-state index in [0.29, 0.717) is 22.8 Å². The predicted molar refractivity (Wildman–Crippen MR) is 118 cm³/mol. The largest absolute Gasteiger partial charge is 0.322 e. The minimum atomic E-state index is -3.68. The molecule has 156 valence electrons. The summed E-state index contributed by atoms with van der Waals surface area (Å²) in [6.45, 7) is 1.89. The first-order valence-corrected chi connectivity index (χ1v) is 10.8. The lowest BCUT2D eigenvalue weighted by molar-refractivity contribution is 0.102. The molecular weight excluding hydrogens is 414 g/mol. The van der Waals surface area contributed by atoms with Gasteiger partial charge in [-0.3, -0.25) is 14.1 Å². The highest BCUT2D eigenvalue weighted by Crippen LogP contribution is 2.19. The number of sulfonamides is 1. The SMILES string of the molecule is Cc1ccc(S(=O)(=O)Nc2ccc(NC(=O)c3ccc(-n4ccnc4)nc3)cc2)cc1. The first-order chi connectivity index (χ1) is 14.9. The van der Waals surface area contributed by atoms with Crippen LogP contribution in [0.5, 0.6) is 0 Å². The van der Waals surface area contributed by atoms with Crippen LogP contribution in [0.1, 0.15) is 15.9 Å². The molecule has 0 aliphatic heterocycles. The highest BCUT2D eigenvalue weighted by atomic mass is 32.2. The molecule has 0 saturated heterocycles. The van der Waals surface area contributed by atoms with E-state index >= 15 is 0 Å². The number of carbonyl (C=O) groups excluding carboxylic acids is 1. The molecule has 1 amide bonds. The third-order valence-corrected chi connectivity index (χ3v) is 5.90. The van der Waals surface area contributed by atoms with E-state index in [2.05, 4.69) is 20.0 Å². The Bertz CT molecular complexity index is 1280. The zero-order chi connectivity index (χ0) is 21.8. The van der Waals surface area contributed by atoms with Crippen LogP contribution in [0.2, 0.25) is 0 Å². The van der Waals surface area contributed by atoms with Gasteiger partial charge in [0, 0.05) is 30.0 Å². The smallest absolute Gasteiger partial charge is 0.261 e. The quantitative estimate of drug-likeness (QED) is 0.483. The van der Waals surface area contributed by atoms with Crippen LogP contribution in [-0.4, -0.2) is 28.9 Å². The molecule has 2 heterocycles. The summed E-state index contributed by atoms with van der Waals surface area (Å²) >= 11 is 0. The minimum absolute atomic E-state index is 0.183. The fourth-order valence-electron chi connectivity index (χ4n) is 2.82. The standard InChI is InChI=1S/C22H19N5O3S/c1-16-2-9-20(10-3-16)31(29,30)26-19-7-5-18(6-8-19)25-22(28)17-4-11-21(24-14-17)27-13-12-23-15-27/h2-15,26H,1H3,(H,25,28). The number of amides is 1. The van der Waals surface area contributed by atoms with Crippen molar-refractivity contribution in [1.82, 2.24) is 14.5 Å². The summed E-state index contributed by atoms with van der Waals surface area (Å²) < 4.78 is 29.2. The van der Waals surface area contributed by atoms with E-state index in [1.807, 2.05) is 6.92 Å². The van der Waals surface area contributed by atoms with Crippen molar-refractivity contribution in [3.8, 4) is 5.82 Å². The van der Waals surface area contributed by atoms with Crippen molar-refractivity contribution >= 4 is 27.3 Å². The molecule has 0 aliphatic carbocycles. The lowest BCUT2D eigenvalue weighted by atomic mass is 10.2. The Labute approximate surface area is 179 Å². The molecule has 4 rings (SSSR count). The number of anilines is 2. The zero-order valence-electron chi connectivity index (χ0n) is 16.6. The molecule has 0 spiro atoms. The van der Waals surface area contributed by atoms with Crippen LogP contribution in [0, 0.1) is 6.92 Å². The fraction of sp³-hybridized carbons (Fsp3) is 0.0455. The van der Waals surface area contributed by atoms with Crippen molar-refractivity contribution in [2.75, 3.05) is 10.0 Å². The van der Waals surface area contributed by atoms with Gasteiger partial charge in [0.25, 0.3) is 15.9 Å². The number of carbonyl (C=O) groups is 1. The van der Waals surface area contributed by atoms with Crippen molar-refractivity contribution in [3.05, 3.63) is 96.7 Å². The summed E-state index contributed by atoms with van der Waals surface area (Å²) in [5, 5.41) is 2.77. The zero-order valence-corrected chi connectivity index (χ0v) is 17.4. The Morgan fingerprint density at radius 2 is 1.65 bits per heavy atom. The second-order valence-electron chi connectivity index (χ2n) is 6.83. The van der Waals surface area contributed by atoms with E-state index in [9.17, 15) is 13.2 Å². The number of aromatic nitrogens is 3. The fourth-order valence-corrected chi connectivity index (χ4v) is 3.88. The Hall–Kier alpha value is -3.98. The molecule has 0 unspecified atom stereocenters. The minimum Gasteiger partial charge on any atom is -0.322 e. The maximum absolute atomic E-state index is 12.5. The van der Waals surface area contributed by atoms with E-state index in [4.69, 9.17) is 0 Å². The molecule has 2 aromatic carbocycles. The molecule has 8 nitrogen and oxygen atoms in total. The molecule has 0 bridgehead atoms. The van der Waals surface area contributed by atoms with Gasteiger partial charge in [-0.25, -0.2) is 18.4 Å². The van der Waals surface area contributed by atoms with Gasteiger partial charge < -0.3 is 5.32 Å². The van der Waals surface area contributed by atoms with Crippen molar-refractivity contribution in [1.29, 1.82) is 0 Å². The maximum atomic E-state index is 12.5. The van der Waals surface area contributed by atoms with Crippen molar-refractivity contribution in [3.63, 3.8) is 0 Å². The molecule has 0 fully saturated rings. The van der Waals surface area contributed by atoms with Gasteiger partial charge in [-0.2, -0.15) is 0 Å². The Kier molecular flexibility index (Phi) is 5.50. The number of pyridine rings is 1. The highest BCUT2D eigenvalue weighted by Gasteiger charge is 2.14. The number of hydrogen-bond acceptors (Lipinski definition) is 5. The van der Waals surface area contributed by atoms with E-state index in [1.165, 1.54) is 6.20 Å². The number of imidazole rings is 1. The highest BCUT2D eigenvalue weighted by molar-refractivity contribution is 7.92. The Morgan fingerprint density at radius 1 is 0.935 bits per heavy atom. The lowest BCUT2D eigenvalue weighted by Crippen LogP contribution is -2.14. The van der Waals surface area contributed by atoms with Crippen LogP contribution in [0.4, 0.5) is 11.4 Å². The van der Waals surface area contributed by atoms with Crippen LogP contribution >= 0.6 is 0 Å². The van der Waals surface area contributed by atoms with Gasteiger partial charge >= 0.3 is 0 Å². The molecule has 0 aliphatic rings. The monoisotopic (exact) mass is 433 g/mol. The van der Waals surface area contributed by atoms with Crippen molar-refractivity contribution < 1.29 is 13.2 Å². The van der Waals surface area contributed by atoms with Gasteiger partial charge in [0.1, 0.15) is 12.1 Å². The molecule has 31 heavy (non-hydrogen) atoms. The summed E-state index contributed by atoms with van der Waals surface area (Å²) in [5.41, 5.74) is 2.30. The van der Waals surface area contributed by atoms with Crippen LogP contribution < -0.4 is 10.0 Å². The van der Waals surface area contributed by atoms with Gasteiger partial charge in [0.2, 0.25) is 0 Å². The average Bonchev–Trinajstić information content (AvgIpc) is 3.30. The van der Waals surface area contributed by atoms with Gasteiger partial charge in [-0.15, -0.1) is 0 Å². The first kappa shape index (κ1) is 20.3. The van der Waals surface area contributed by atoms with E-state index < -0.39 is 10.0 Å². The summed E-state index contributed by atoms with van der Waals surface area (Å²) in [4.78, 5) is 20.9. The lowest BCUT2D eigenvalue weighted by Gasteiger charge is -2.10. The number of nitrogens with one attached hydrogen (secondary N) is 2. The molecule has 0 saturated carbocycles. The molecular formula is C22H19N5O3S. The molecule has 2 aromatic heterocycles. The Balaban J connectivity index is 1.41. The molecule has 0 radical (unpaired) electrons. The van der Waals surface area contributed by atoms with Gasteiger partial charge in [-0.1, -0.05) is 17.7 Å². The third kappa shape index (κ3) is 4.78. The van der Waals surface area contributed by atoms with Gasteiger partial charge in [-0.05, 0) is 55.5 Å². The molecule has 4 aromatic rings. The first-order valence-electron chi connectivity index (χ1n) is 9.36. The van der Waals surface area contributed by atoms with Crippen LogP contribution in [0.25, 0.3) is 5.82 Å². The van der Waals surface area contributed by atoms with Gasteiger partial charge in [0.15, 0.2) is 0 Å². The second-order valence-corrected chi connectivity index (χ2v) is 8.51.